The summed E-state index contributed by atoms with van der Waals surface area (Å²) in [5, 5.41) is 9.47. The Labute approximate surface area is 203 Å². The fraction of sp³-hybridized carbons (Fsp3) is 0.417. The van der Waals surface area contributed by atoms with Gasteiger partial charge in [-0.3, -0.25) is 9.79 Å². The van der Waals surface area contributed by atoms with Crippen molar-refractivity contribution in [2.45, 2.75) is 53.3 Å². The number of nitrogens with zero attached hydrogens (tertiary/aromatic N) is 1. The van der Waals surface area contributed by atoms with Crippen molar-refractivity contribution >= 4 is 35.8 Å². The van der Waals surface area contributed by atoms with E-state index in [4.69, 9.17) is 4.74 Å². The first-order chi connectivity index (χ1) is 14.5. The zero-order chi connectivity index (χ0) is 21.9. The standard InChI is InChI=1S/C24H34N4O2.HI/c1-6-18(4)30-22-13-17(3)11-12-21(22)16-28-24(25-5)27-15-19-9-8-10-20(14-19)23(29)26-7-2;/h8-14,18H,6-7,15-16H2,1-5H3,(H,26,29)(H2,25,27,28);1H. The Morgan fingerprint density at radius 2 is 1.81 bits per heavy atom. The van der Waals surface area contributed by atoms with Gasteiger partial charge in [0.05, 0.1) is 6.10 Å². The first-order valence-electron chi connectivity index (χ1n) is 10.5. The van der Waals surface area contributed by atoms with Gasteiger partial charge in [0.15, 0.2) is 5.96 Å². The van der Waals surface area contributed by atoms with Gasteiger partial charge in [-0.15, -0.1) is 24.0 Å². The number of carbonyl (C=O) groups is 1. The second-order valence-electron chi connectivity index (χ2n) is 7.29. The number of hydrogen-bond acceptors (Lipinski definition) is 3. The molecule has 2 rings (SSSR count). The molecule has 0 fully saturated rings. The molecule has 0 aliphatic rings. The lowest BCUT2D eigenvalue weighted by Crippen LogP contribution is -2.36. The molecule has 170 valence electrons. The number of guanidine groups is 1. The Bertz CT molecular complexity index is 870. The Balaban J connectivity index is 0.00000480. The molecule has 0 aromatic heterocycles. The van der Waals surface area contributed by atoms with Gasteiger partial charge in [0, 0.05) is 37.8 Å². The maximum absolute atomic E-state index is 12.0. The zero-order valence-corrected chi connectivity index (χ0v) is 21.4. The lowest BCUT2D eigenvalue weighted by Gasteiger charge is -2.18. The van der Waals surface area contributed by atoms with Crippen molar-refractivity contribution < 1.29 is 9.53 Å². The van der Waals surface area contributed by atoms with Gasteiger partial charge in [-0.05, 0) is 56.5 Å². The Hall–Kier alpha value is -2.29. The molecule has 0 saturated heterocycles. The van der Waals surface area contributed by atoms with E-state index in [0.717, 1.165) is 23.3 Å². The molecule has 0 spiro atoms. The number of nitrogens with one attached hydrogen (secondary N) is 3. The summed E-state index contributed by atoms with van der Waals surface area (Å²) >= 11 is 0. The van der Waals surface area contributed by atoms with Crippen LogP contribution in [0.2, 0.25) is 0 Å². The minimum Gasteiger partial charge on any atom is -0.490 e. The van der Waals surface area contributed by atoms with Crippen molar-refractivity contribution in [1.29, 1.82) is 0 Å². The molecule has 0 radical (unpaired) electrons. The molecule has 7 heteroatoms. The fourth-order valence-electron chi connectivity index (χ4n) is 2.89. The van der Waals surface area contributed by atoms with Crippen molar-refractivity contribution in [3.05, 3.63) is 64.7 Å². The van der Waals surface area contributed by atoms with Crippen LogP contribution in [0.15, 0.2) is 47.5 Å². The van der Waals surface area contributed by atoms with Crippen LogP contribution in [-0.2, 0) is 13.1 Å². The van der Waals surface area contributed by atoms with E-state index in [1.54, 1.807) is 7.05 Å². The molecule has 1 unspecified atom stereocenters. The molecule has 0 heterocycles. The summed E-state index contributed by atoms with van der Waals surface area (Å²) in [5.41, 5.74) is 3.93. The maximum Gasteiger partial charge on any atom is 0.251 e. The molecule has 31 heavy (non-hydrogen) atoms. The summed E-state index contributed by atoms with van der Waals surface area (Å²) in [7, 11) is 1.74. The van der Waals surface area contributed by atoms with Crippen molar-refractivity contribution in [1.82, 2.24) is 16.0 Å². The smallest absolute Gasteiger partial charge is 0.251 e. The van der Waals surface area contributed by atoms with E-state index in [-0.39, 0.29) is 36.0 Å². The number of aliphatic imine (C=N–C) groups is 1. The maximum atomic E-state index is 12.0. The number of carbonyl (C=O) groups excluding carboxylic acids is 1. The molecule has 6 nitrogen and oxygen atoms in total. The van der Waals surface area contributed by atoms with Crippen LogP contribution in [0.4, 0.5) is 0 Å². The topological polar surface area (TPSA) is 74.8 Å². The van der Waals surface area contributed by atoms with Crippen molar-refractivity contribution in [2.75, 3.05) is 13.6 Å². The SMILES string of the molecule is CCNC(=O)c1cccc(CNC(=NC)NCc2ccc(C)cc2OC(C)CC)c1.I. The first-order valence-corrected chi connectivity index (χ1v) is 10.5. The molecule has 2 aromatic carbocycles. The summed E-state index contributed by atoms with van der Waals surface area (Å²) in [5.74, 6) is 1.53. The highest BCUT2D eigenvalue weighted by molar-refractivity contribution is 14.0. The summed E-state index contributed by atoms with van der Waals surface area (Å²) < 4.78 is 6.09. The molecular weight excluding hydrogens is 503 g/mol. The highest BCUT2D eigenvalue weighted by Gasteiger charge is 2.09. The first kappa shape index (κ1) is 26.7. The molecule has 0 saturated carbocycles. The molecule has 2 aromatic rings. The van der Waals surface area contributed by atoms with Gasteiger partial charge in [-0.2, -0.15) is 0 Å². The van der Waals surface area contributed by atoms with Crippen molar-refractivity contribution in [3.8, 4) is 5.75 Å². The second-order valence-corrected chi connectivity index (χ2v) is 7.29. The molecule has 0 aliphatic heterocycles. The van der Waals surface area contributed by atoms with Gasteiger partial charge in [0.2, 0.25) is 0 Å². The zero-order valence-electron chi connectivity index (χ0n) is 19.1. The van der Waals surface area contributed by atoms with E-state index in [1.165, 1.54) is 5.56 Å². The number of rotatable bonds is 9. The Kier molecular flexibility index (Phi) is 12.0. The van der Waals surface area contributed by atoms with Crippen LogP contribution >= 0.6 is 24.0 Å². The number of amides is 1. The minimum atomic E-state index is -0.0601. The largest absolute Gasteiger partial charge is 0.490 e. The molecular formula is C24H35IN4O2. The van der Waals surface area contributed by atoms with Gasteiger partial charge >= 0.3 is 0 Å². The fourth-order valence-corrected chi connectivity index (χ4v) is 2.89. The average molecular weight is 538 g/mol. The van der Waals surface area contributed by atoms with E-state index in [0.29, 0.717) is 31.2 Å². The van der Waals surface area contributed by atoms with Crippen LogP contribution in [0.1, 0.15) is 54.2 Å². The van der Waals surface area contributed by atoms with Crippen LogP contribution in [0.3, 0.4) is 0 Å². The molecule has 0 bridgehead atoms. The van der Waals surface area contributed by atoms with Crippen LogP contribution in [0.5, 0.6) is 5.75 Å². The third kappa shape index (κ3) is 8.77. The van der Waals surface area contributed by atoms with Crippen LogP contribution in [-0.4, -0.2) is 31.6 Å². The summed E-state index contributed by atoms with van der Waals surface area (Å²) in [4.78, 5) is 16.3. The summed E-state index contributed by atoms with van der Waals surface area (Å²) in [6.07, 6.45) is 1.12. The molecule has 1 amide bonds. The number of halogens is 1. The molecule has 0 aliphatic carbocycles. The van der Waals surface area contributed by atoms with Crippen molar-refractivity contribution in [2.24, 2.45) is 4.99 Å². The van der Waals surface area contributed by atoms with Crippen LogP contribution in [0.25, 0.3) is 0 Å². The Morgan fingerprint density at radius 1 is 1.06 bits per heavy atom. The third-order valence-electron chi connectivity index (χ3n) is 4.78. The van der Waals surface area contributed by atoms with Gasteiger partial charge in [0.25, 0.3) is 5.91 Å². The number of benzene rings is 2. The number of aryl methyl sites for hydroxylation is 1. The van der Waals surface area contributed by atoms with Crippen LogP contribution in [0, 0.1) is 6.92 Å². The van der Waals surface area contributed by atoms with Crippen LogP contribution < -0.4 is 20.7 Å². The Morgan fingerprint density at radius 3 is 2.48 bits per heavy atom. The minimum absolute atomic E-state index is 0. The van der Waals surface area contributed by atoms with E-state index in [1.807, 2.05) is 31.2 Å². The number of ether oxygens (including phenoxy) is 1. The monoisotopic (exact) mass is 538 g/mol. The quantitative estimate of drug-likeness (QED) is 0.251. The highest BCUT2D eigenvalue weighted by atomic mass is 127. The summed E-state index contributed by atoms with van der Waals surface area (Å²) in [6, 6.07) is 13.8. The summed E-state index contributed by atoms with van der Waals surface area (Å²) in [6.45, 7) is 9.95. The van der Waals surface area contributed by atoms with Crippen molar-refractivity contribution in [3.63, 3.8) is 0 Å². The van der Waals surface area contributed by atoms with E-state index in [2.05, 4.69) is 59.9 Å². The van der Waals surface area contributed by atoms with E-state index in [9.17, 15) is 4.79 Å². The van der Waals surface area contributed by atoms with Gasteiger partial charge in [-0.1, -0.05) is 31.2 Å². The van der Waals surface area contributed by atoms with E-state index < -0.39 is 0 Å². The third-order valence-corrected chi connectivity index (χ3v) is 4.78. The molecule has 3 N–H and O–H groups in total. The van der Waals surface area contributed by atoms with E-state index >= 15 is 0 Å². The molecule has 1 atom stereocenters. The highest BCUT2D eigenvalue weighted by Crippen LogP contribution is 2.22. The second kappa shape index (κ2) is 13.9. The van der Waals surface area contributed by atoms with Gasteiger partial charge in [-0.25, -0.2) is 0 Å². The average Bonchev–Trinajstić information content (AvgIpc) is 2.75. The van der Waals surface area contributed by atoms with Gasteiger partial charge < -0.3 is 20.7 Å². The van der Waals surface area contributed by atoms with Gasteiger partial charge in [0.1, 0.15) is 5.75 Å². The predicted octanol–water partition coefficient (Wildman–Crippen LogP) is 4.41. The normalized spacial score (nSPS) is 11.8. The predicted molar refractivity (Wildman–Crippen MR) is 138 cm³/mol. The lowest BCUT2D eigenvalue weighted by molar-refractivity contribution is 0.0955. The number of hydrogen-bond donors (Lipinski definition) is 3. The lowest BCUT2D eigenvalue weighted by atomic mass is 10.1.